The van der Waals surface area contributed by atoms with Gasteiger partial charge < -0.3 is 14.5 Å². The van der Waals surface area contributed by atoms with E-state index in [0.717, 1.165) is 15.6 Å². The molecule has 2 amide bonds. The summed E-state index contributed by atoms with van der Waals surface area (Å²) in [5.74, 6) is 0.136. The van der Waals surface area contributed by atoms with Gasteiger partial charge in [-0.05, 0) is 31.7 Å². The van der Waals surface area contributed by atoms with E-state index >= 15 is 0 Å². The summed E-state index contributed by atoms with van der Waals surface area (Å²) in [6, 6.07) is 4.09. The highest BCUT2D eigenvalue weighted by molar-refractivity contribution is 7.15. The van der Waals surface area contributed by atoms with Crippen molar-refractivity contribution in [2.45, 2.75) is 26.7 Å². The lowest BCUT2D eigenvalue weighted by Crippen LogP contribution is -2.50. The molecule has 1 fully saturated rings. The third-order valence-corrected chi connectivity index (χ3v) is 6.19. The maximum absolute atomic E-state index is 12.6. The fourth-order valence-electron chi connectivity index (χ4n) is 2.98. The Morgan fingerprint density at radius 1 is 1.23 bits per heavy atom. The normalized spacial score (nSPS) is 14.5. The van der Waals surface area contributed by atoms with Crippen LogP contribution >= 0.6 is 22.7 Å². The van der Waals surface area contributed by atoms with Gasteiger partial charge in [-0.25, -0.2) is 9.78 Å². The monoisotopic (exact) mass is 393 g/mol. The zero-order chi connectivity index (χ0) is 18.5. The molecule has 0 saturated carbocycles. The van der Waals surface area contributed by atoms with Crippen LogP contribution in [0.1, 0.15) is 23.2 Å². The van der Waals surface area contributed by atoms with Gasteiger partial charge >= 0.3 is 6.09 Å². The zero-order valence-corrected chi connectivity index (χ0v) is 16.7. The van der Waals surface area contributed by atoms with Gasteiger partial charge in [-0.3, -0.25) is 4.79 Å². The Hall–Kier alpha value is -1.93. The number of ether oxygens (including phenoxy) is 1. The fourth-order valence-corrected chi connectivity index (χ4v) is 4.73. The first-order valence-electron chi connectivity index (χ1n) is 8.78. The van der Waals surface area contributed by atoms with Crippen LogP contribution in [0.5, 0.6) is 0 Å². The van der Waals surface area contributed by atoms with Crippen LogP contribution in [-0.2, 0) is 16.0 Å². The van der Waals surface area contributed by atoms with Crippen molar-refractivity contribution in [1.29, 1.82) is 0 Å². The van der Waals surface area contributed by atoms with E-state index in [0.29, 0.717) is 45.6 Å². The van der Waals surface area contributed by atoms with Crippen molar-refractivity contribution in [3.05, 3.63) is 27.4 Å². The standard InChI is InChI=1S/C18H23N3O3S2/c1-3-24-18(23)21-10-8-20(9-11-21)16(22)7-6-15-17(19-13(2)26-15)14-5-4-12-25-14/h4-5,12H,3,6-11H2,1-2H3. The van der Waals surface area contributed by atoms with Gasteiger partial charge in [0.1, 0.15) is 0 Å². The molecule has 0 aromatic carbocycles. The minimum atomic E-state index is -0.291. The number of rotatable bonds is 5. The van der Waals surface area contributed by atoms with Crippen LogP contribution in [0.4, 0.5) is 4.79 Å². The van der Waals surface area contributed by atoms with Gasteiger partial charge in [-0.2, -0.15) is 0 Å². The Labute approximate surface area is 161 Å². The molecule has 0 spiro atoms. The van der Waals surface area contributed by atoms with E-state index in [9.17, 15) is 9.59 Å². The Balaban J connectivity index is 1.53. The smallest absolute Gasteiger partial charge is 0.409 e. The van der Waals surface area contributed by atoms with Gasteiger partial charge in [-0.15, -0.1) is 22.7 Å². The summed E-state index contributed by atoms with van der Waals surface area (Å²) in [6.07, 6.45) is 0.884. The minimum absolute atomic E-state index is 0.136. The second kappa shape index (κ2) is 8.64. The molecule has 2 aromatic heterocycles. The molecule has 8 heteroatoms. The molecule has 1 aliphatic rings. The summed E-state index contributed by atoms with van der Waals surface area (Å²) >= 11 is 3.34. The summed E-state index contributed by atoms with van der Waals surface area (Å²) in [5.41, 5.74) is 1.02. The van der Waals surface area contributed by atoms with Gasteiger partial charge in [0.05, 0.1) is 22.2 Å². The lowest BCUT2D eigenvalue weighted by Gasteiger charge is -2.34. The number of hydrogen-bond donors (Lipinski definition) is 0. The number of thiazole rings is 1. The number of piperazine rings is 1. The molecule has 3 heterocycles. The third kappa shape index (κ3) is 4.42. The van der Waals surface area contributed by atoms with E-state index in [1.807, 2.05) is 23.3 Å². The van der Waals surface area contributed by atoms with Crippen molar-refractivity contribution in [1.82, 2.24) is 14.8 Å². The largest absolute Gasteiger partial charge is 0.450 e. The number of carbonyl (C=O) groups is 2. The lowest BCUT2D eigenvalue weighted by atomic mass is 10.2. The van der Waals surface area contributed by atoms with Crippen molar-refractivity contribution in [3.63, 3.8) is 0 Å². The molecular formula is C18H23N3O3S2. The fraction of sp³-hybridized carbons (Fsp3) is 0.500. The topological polar surface area (TPSA) is 62.7 Å². The molecule has 0 atom stereocenters. The molecule has 0 bridgehead atoms. The number of thiophene rings is 1. The van der Waals surface area contributed by atoms with Crippen LogP contribution in [0.2, 0.25) is 0 Å². The zero-order valence-electron chi connectivity index (χ0n) is 15.1. The Morgan fingerprint density at radius 2 is 1.96 bits per heavy atom. The molecule has 0 N–H and O–H groups in total. The molecule has 1 aliphatic heterocycles. The third-order valence-electron chi connectivity index (χ3n) is 4.28. The molecule has 2 aromatic rings. The number of carbonyl (C=O) groups excluding carboxylic acids is 2. The summed E-state index contributed by atoms with van der Waals surface area (Å²) in [6.45, 7) is 6.37. The van der Waals surface area contributed by atoms with E-state index < -0.39 is 0 Å². The van der Waals surface area contributed by atoms with Crippen LogP contribution in [0.25, 0.3) is 10.6 Å². The van der Waals surface area contributed by atoms with Crippen molar-refractivity contribution < 1.29 is 14.3 Å². The Bertz CT molecular complexity index is 750. The first kappa shape index (κ1) is 18.8. The number of hydrogen-bond acceptors (Lipinski definition) is 6. The quantitative estimate of drug-likeness (QED) is 0.781. The van der Waals surface area contributed by atoms with E-state index in [4.69, 9.17) is 4.74 Å². The molecule has 0 aliphatic carbocycles. The highest BCUT2D eigenvalue weighted by Gasteiger charge is 2.25. The van der Waals surface area contributed by atoms with Crippen molar-refractivity contribution in [2.75, 3.05) is 32.8 Å². The predicted molar refractivity (Wildman–Crippen MR) is 104 cm³/mol. The van der Waals surface area contributed by atoms with Gasteiger partial charge in [0.25, 0.3) is 0 Å². The molecule has 0 radical (unpaired) electrons. The Kier molecular flexibility index (Phi) is 6.26. The molecule has 26 heavy (non-hydrogen) atoms. The van der Waals surface area contributed by atoms with Crippen LogP contribution in [0.3, 0.4) is 0 Å². The van der Waals surface area contributed by atoms with Crippen LogP contribution in [-0.4, -0.2) is 59.6 Å². The predicted octanol–water partition coefficient (Wildman–Crippen LogP) is 3.41. The number of amides is 2. The molecule has 0 unspecified atom stereocenters. The van der Waals surface area contributed by atoms with Crippen molar-refractivity contribution in [3.8, 4) is 10.6 Å². The maximum Gasteiger partial charge on any atom is 0.409 e. The molecule has 6 nitrogen and oxygen atoms in total. The van der Waals surface area contributed by atoms with Crippen molar-refractivity contribution >= 4 is 34.7 Å². The van der Waals surface area contributed by atoms with Crippen LogP contribution in [0, 0.1) is 6.92 Å². The van der Waals surface area contributed by atoms with Crippen molar-refractivity contribution in [2.24, 2.45) is 0 Å². The second-order valence-corrected chi connectivity index (χ2v) is 8.28. The molecular weight excluding hydrogens is 370 g/mol. The highest BCUT2D eigenvalue weighted by Crippen LogP contribution is 2.32. The van der Waals surface area contributed by atoms with E-state index in [1.54, 1.807) is 34.5 Å². The van der Waals surface area contributed by atoms with E-state index in [1.165, 1.54) is 4.88 Å². The number of aryl methyl sites for hydroxylation is 2. The van der Waals surface area contributed by atoms with Gasteiger partial charge in [0.15, 0.2) is 0 Å². The summed E-state index contributed by atoms with van der Waals surface area (Å²) in [4.78, 5) is 34.8. The highest BCUT2D eigenvalue weighted by atomic mass is 32.1. The molecule has 3 rings (SSSR count). The van der Waals surface area contributed by atoms with Gasteiger partial charge in [0.2, 0.25) is 5.91 Å². The SMILES string of the molecule is CCOC(=O)N1CCN(C(=O)CCc2sc(C)nc2-c2cccs2)CC1. The molecule has 1 saturated heterocycles. The van der Waals surface area contributed by atoms with Gasteiger partial charge in [0, 0.05) is 37.5 Å². The number of aromatic nitrogens is 1. The van der Waals surface area contributed by atoms with E-state index in [2.05, 4.69) is 11.1 Å². The number of nitrogens with zero attached hydrogens (tertiary/aromatic N) is 3. The molecule has 140 valence electrons. The lowest BCUT2D eigenvalue weighted by molar-refractivity contribution is -0.132. The summed E-state index contributed by atoms with van der Waals surface area (Å²) < 4.78 is 5.01. The first-order chi connectivity index (χ1) is 12.6. The maximum atomic E-state index is 12.6. The van der Waals surface area contributed by atoms with E-state index in [-0.39, 0.29) is 12.0 Å². The minimum Gasteiger partial charge on any atom is -0.450 e. The van der Waals surface area contributed by atoms with Crippen LogP contribution in [0.15, 0.2) is 17.5 Å². The second-order valence-electron chi connectivity index (χ2n) is 6.05. The van der Waals surface area contributed by atoms with Crippen LogP contribution < -0.4 is 0 Å². The average molecular weight is 394 g/mol. The first-order valence-corrected chi connectivity index (χ1v) is 10.5. The summed E-state index contributed by atoms with van der Waals surface area (Å²) in [5, 5.41) is 3.07. The average Bonchev–Trinajstić information content (AvgIpc) is 3.29. The van der Waals surface area contributed by atoms with Gasteiger partial charge in [-0.1, -0.05) is 6.07 Å². The summed E-state index contributed by atoms with van der Waals surface area (Å²) in [7, 11) is 0. The Morgan fingerprint density at radius 3 is 2.62 bits per heavy atom.